The van der Waals surface area contributed by atoms with Crippen LogP contribution in [0, 0.1) is 0 Å². The van der Waals surface area contributed by atoms with Crippen molar-refractivity contribution in [3.63, 3.8) is 0 Å². The molecule has 4 rings (SSSR count). The van der Waals surface area contributed by atoms with Gasteiger partial charge in [0, 0.05) is 24.1 Å². The number of nitrogens with one attached hydrogen (secondary N) is 1. The summed E-state index contributed by atoms with van der Waals surface area (Å²) in [4.78, 5) is 14.8. The number of carbonyl (C=O) groups excluding carboxylic acids is 1. The van der Waals surface area contributed by atoms with E-state index in [2.05, 4.69) is 67.1 Å². The van der Waals surface area contributed by atoms with E-state index in [-0.39, 0.29) is 11.3 Å². The topological polar surface area (TPSA) is 50.8 Å². The zero-order valence-electron chi connectivity index (χ0n) is 18.7. The summed E-state index contributed by atoms with van der Waals surface area (Å²) in [5, 5.41) is 3.31. The van der Waals surface area contributed by atoms with Gasteiger partial charge in [-0.15, -0.1) is 0 Å². The third kappa shape index (κ3) is 3.48. The van der Waals surface area contributed by atoms with Gasteiger partial charge < -0.3 is 19.7 Å². The van der Waals surface area contributed by atoms with Crippen molar-refractivity contribution in [1.82, 2.24) is 5.32 Å². The third-order valence-corrected chi connectivity index (χ3v) is 6.32. The van der Waals surface area contributed by atoms with Crippen LogP contribution in [0.2, 0.25) is 0 Å². The lowest BCUT2D eigenvalue weighted by atomic mass is 9.74. The first kappa shape index (κ1) is 21.0. The van der Waals surface area contributed by atoms with Crippen molar-refractivity contribution in [2.45, 2.75) is 38.3 Å². The van der Waals surface area contributed by atoms with Crippen molar-refractivity contribution in [3.05, 3.63) is 71.8 Å². The predicted molar refractivity (Wildman–Crippen MR) is 125 cm³/mol. The van der Waals surface area contributed by atoms with Gasteiger partial charge in [-0.2, -0.15) is 0 Å². The van der Waals surface area contributed by atoms with Gasteiger partial charge in [-0.1, -0.05) is 50.8 Å². The number of amides is 1. The predicted octanol–water partition coefficient (Wildman–Crippen LogP) is 4.68. The number of ether oxygens (including phenoxy) is 2. The van der Waals surface area contributed by atoms with E-state index in [4.69, 9.17) is 9.47 Å². The molecule has 1 amide bonds. The van der Waals surface area contributed by atoms with E-state index in [0.29, 0.717) is 31.1 Å². The van der Waals surface area contributed by atoms with Crippen LogP contribution < -0.4 is 19.7 Å². The average molecular weight is 419 g/mol. The van der Waals surface area contributed by atoms with Crippen molar-refractivity contribution >= 4 is 17.7 Å². The van der Waals surface area contributed by atoms with E-state index in [9.17, 15) is 4.79 Å². The minimum Gasteiger partial charge on any atom is -0.493 e. The molecule has 1 atom stereocenters. The molecule has 2 aliphatic rings. The van der Waals surface area contributed by atoms with Crippen LogP contribution in [0.5, 0.6) is 11.5 Å². The standard InChI is InChI=1S/C26H30N2O3/c1-18(2)17-31-22-11-10-19(16-23(22)30-5)12-14-26-25(3,4)20-8-6-7-9-21(20)28(26)15-13-24(29)27-26/h6-12,14,16H,1,13,15,17H2,2-5H3,(H,27,29). The van der Waals surface area contributed by atoms with Gasteiger partial charge in [0.2, 0.25) is 5.91 Å². The number of para-hydroxylation sites is 1. The van der Waals surface area contributed by atoms with Gasteiger partial charge in [0.15, 0.2) is 11.5 Å². The number of benzene rings is 2. The highest BCUT2D eigenvalue weighted by molar-refractivity contribution is 5.84. The summed E-state index contributed by atoms with van der Waals surface area (Å²) in [6, 6.07) is 14.3. The molecule has 0 saturated carbocycles. The Bertz CT molecular complexity index is 1060. The van der Waals surface area contributed by atoms with E-state index in [0.717, 1.165) is 11.1 Å². The summed E-state index contributed by atoms with van der Waals surface area (Å²) in [7, 11) is 1.63. The van der Waals surface area contributed by atoms with Gasteiger partial charge in [-0.3, -0.25) is 4.79 Å². The Morgan fingerprint density at radius 1 is 1.23 bits per heavy atom. The van der Waals surface area contributed by atoms with Crippen molar-refractivity contribution in [1.29, 1.82) is 0 Å². The van der Waals surface area contributed by atoms with Gasteiger partial charge in [0.25, 0.3) is 0 Å². The fourth-order valence-electron chi connectivity index (χ4n) is 4.64. The van der Waals surface area contributed by atoms with Crippen LogP contribution in [0.15, 0.2) is 60.7 Å². The van der Waals surface area contributed by atoms with E-state index in [1.807, 2.05) is 25.1 Å². The van der Waals surface area contributed by atoms with Crippen LogP contribution in [-0.4, -0.2) is 31.8 Å². The summed E-state index contributed by atoms with van der Waals surface area (Å²) >= 11 is 0. The lowest BCUT2D eigenvalue weighted by molar-refractivity contribution is -0.124. The molecule has 0 radical (unpaired) electrons. The molecule has 1 unspecified atom stereocenters. The van der Waals surface area contributed by atoms with E-state index < -0.39 is 5.66 Å². The van der Waals surface area contributed by atoms with Crippen molar-refractivity contribution in [3.8, 4) is 11.5 Å². The molecular weight excluding hydrogens is 388 g/mol. The summed E-state index contributed by atoms with van der Waals surface area (Å²) in [5.41, 5.74) is 3.40. The lowest BCUT2D eigenvalue weighted by Crippen LogP contribution is -2.68. The smallest absolute Gasteiger partial charge is 0.223 e. The summed E-state index contributed by atoms with van der Waals surface area (Å²) in [6.07, 6.45) is 4.66. The number of fused-ring (bicyclic) bond motifs is 3. The molecule has 2 aliphatic heterocycles. The fraction of sp³-hybridized carbons (Fsp3) is 0.346. The van der Waals surface area contributed by atoms with Gasteiger partial charge in [0.05, 0.1) is 7.11 Å². The highest BCUT2D eigenvalue weighted by Crippen LogP contribution is 2.52. The number of carbonyl (C=O) groups is 1. The second-order valence-electron chi connectivity index (χ2n) is 8.85. The Hall–Kier alpha value is -3.21. The van der Waals surface area contributed by atoms with Crippen molar-refractivity contribution in [2.75, 3.05) is 25.2 Å². The number of hydrogen-bond acceptors (Lipinski definition) is 4. The van der Waals surface area contributed by atoms with Crippen LogP contribution in [0.1, 0.15) is 38.3 Å². The Labute approximate surface area is 184 Å². The maximum atomic E-state index is 12.5. The second kappa shape index (κ2) is 7.80. The number of hydrogen-bond donors (Lipinski definition) is 1. The van der Waals surface area contributed by atoms with Crippen LogP contribution in [-0.2, 0) is 10.2 Å². The molecule has 0 aromatic heterocycles. The SMILES string of the molecule is C=C(C)COc1ccc(C=CC23NC(=O)CCN2c2ccccc2C3(C)C)cc1OC. The molecule has 0 spiro atoms. The zero-order valence-corrected chi connectivity index (χ0v) is 18.7. The maximum Gasteiger partial charge on any atom is 0.223 e. The van der Waals surface area contributed by atoms with Crippen LogP contribution in [0.3, 0.4) is 0 Å². The zero-order chi connectivity index (χ0) is 22.2. The van der Waals surface area contributed by atoms with E-state index in [1.165, 1.54) is 11.3 Å². The van der Waals surface area contributed by atoms with Crippen LogP contribution >= 0.6 is 0 Å². The molecule has 31 heavy (non-hydrogen) atoms. The van der Waals surface area contributed by atoms with Gasteiger partial charge in [0.1, 0.15) is 12.3 Å². The number of anilines is 1. The highest BCUT2D eigenvalue weighted by Gasteiger charge is 2.57. The van der Waals surface area contributed by atoms with Gasteiger partial charge >= 0.3 is 0 Å². The number of rotatable bonds is 6. The van der Waals surface area contributed by atoms with Gasteiger partial charge in [-0.05, 0) is 47.9 Å². The monoisotopic (exact) mass is 418 g/mol. The molecule has 2 heterocycles. The Balaban J connectivity index is 1.71. The Morgan fingerprint density at radius 2 is 2.00 bits per heavy atom. The Kier molecular flexibility index (Phi) is 5.29. The maximum absolute atomic E-state index is 12.5. The second-order valence-corrected chi connectivity index (χ2v) is 8.85. The van der Waals surface area contributed by atoms with E-state index >= 15 is 0 Å². The molecule has 1 fully saturated rings. The molecule has 5 heteroatoms. The lowest BCUT2D eigenvalue weighted by Gasteiger charge is -2.49. The van der Waals surface area contributed by atoms with Crippen molar-refractivity contribution in [2.24, 2.45) is 0 Å². The fourth-order valence-corrected chi connectivity index (χ4v) is 4.64. The van der Waals surface area contributed by atoms with Crippen LogP contribution in [0.4, 0.5) is 5.69 Å². The normalized spacial score (nSPS) is 21.4. The van der Waals surface area contributed by atoms with Crippen molar-refractivity contribution < 1.29 is 14.3 Å². The summed E-state index contributed by atoms with van der Waals surface area (Å²) < 4.78 is 11.3. The molecule has 5 nitrogen and oxygen atoms in total. The molecular formula is C26H30N2O3. The van der Waals surface area contributed by atoms with Gasteiger partial charge in [-0.25, -0.2) is 0 Å². The molecule has 162 valence electrons. The summed E-state index contributed by atoms with van der Waals surface area (Å²) in [6.45, 7) is 11.3. The number of methoxy groups -OCH3 is 1. The highest BCUT2D eigenvalue weighted by atomic mass is 16.5. The molecule has 0 bridgehead atoms. The minimum absolute atomic E-state index is 0.0721. The summed E-state index contributed by atoms with van der Waals surface area (Å²) in [5.74, 6) is 1.42. The molecule has 1 saturated heterocycles. The average Bonchev–Trinajstić information content (AvgIpc) is 2.95. The first-order valence-corrected chi connectivity index (χ1v) is 10.6. The molecule has 1 N–H and O–H groups in total. The third-order valence-electron chi connectivity index (χ3n) is 6.32. The largest absolute Gasteiger partial charge is 0.493 e. The quantitative estimate of drug-likeness (QED) is 0.692. The van der Waals surface area contributed by atoms with E-state index in [1.54, 1.807) is 7.11 Å². The van der Waals surface area contributed by atoms with Crippen LogP contribution in [0.25, 0.3) is 6.08 Å². The molecule has 2 aromatic carbocycles. The molecule has 0 aliphatic carbocycles. The Morgan fingerprint density at radius 3 is 2.74 bits per heavy atom. The first-order valence-electron chi connectivity index (χ1n) is 10.6. The number of nitrogens with zero attached hydrogens (tertiary/aromatic N) is 1. The molecule has 2 aromatic rings. The first-order chi connectivity index (χ1) is 14.8. The minimum atomic E-state index is -0.631.